The Balaban J connectivity index is 1.72. The lowest BCUT2D eigenvalue weighted by molar-refractivity contribution is -0.116. The Kier molecular flexibility index (Phi) is 5.62. The first-order valence-electron chi connectivity index (χ1n) is 9.62. The van der Waals surface area contributed by atoms with Gasteiger partial charge in [0, 0.05) is 22.9 Å². The van der Waals surface area contributed by atoms with Crippen molar-refractivity contribution in [2.24, 2.45) is 0 Å². The van der Waals surface area contributed by atoms with E-state index in [2.05, 4.69) is 15.4 Å². The summed E-state index contributed by atoms with van der Waals surface area (Å²) in [7, 11) is 1.54. The SMILES string of the molecule is COc1cccc(NC(=O)Cn2nc(C)c3c(C(F)F)cc(-c4ccccc4)nc32)c1. The summed E-state index contributed by atoms with van der Waals surface area (Å²) < 4.78 is 34.2. The number of alkyl halides is 2. The first kappa shape index (κ1) is 20.5. The predicted molar refractivity (Wildman–Crippen MR) is 114 cm³/mol. The highest BCUT2D eigenvalue weighted by Gasteiger charge is 2.22. The Bertz CT molecular complexity index is 1240. The fourth-order valence-electron chi connectivity index (χ4n) is 3.46. The average Bonchev–Trinajstić information content (AvgIpc) is 3.08. The summed E-state index contributed by atoms with van der Waals surface area (Å²) >= 11 is 0. The van der Waals surface area contributed by atoms with Crippen LogP contribution in [0.5, 0.6) is 5.75 Å². The third-order valence-electron chi connectivity index (χ3n) is 4.86. The molecule has 0 saturated carbocycles. The molecule has 0 atom stereocenters. The van der Waals surface area contributed by atoms with Crippen molar-refractivity contribution < 1.29 is 18.3 Å². The van der Waals surface area contributed by atoms with E-state index < -0.39 is 6.43 Å². The Morgan fingerprint density at radius 2 is 1.90 bits per heavy atom. The van der Waals surface area contributed by atoms with Gasteiger partial charge in [-0.2, -0.15) is 5.10 Å². The molecular weight excluding hydrogens is 402 g/mol. The Morgan fingerprint density at radius 3 is 2.61 bits per heavy atom. The van der Waals surface area contributed by atoms with Crippen molar-refractivity contribution in [1.82, 2.24) is 14.8 Å². The maximum atomic E-state index is 13.8. The van der Waals surface area contributed by atoms with Gasteiger partial charge in [0.2, 0.25) is 5.91 Å². The molecule has 0 aliphatic carbocycles. The molecule has 2 aromatic heterocycles. The van der Waals surface area contributed by atoms with Crippen molar-refractivity contribution in [3.05, 3.63) is 71.9 Å². The van der Waals surface area contributed by atoms with Crippen LogP contribution in [0.4, 0.5) is 14.5 Å². The fourth-order valence-corrected chi connectivity index (χ4v) is 3.46. The zero-order chi connectivity index (χ0) is 22.0. The normalized spacial score (nSPS) is 11.1. The number of aromatic nitrogens is 3. The summed E-state index contributed by atoms with van der Waals surface area (Å²) in [5, 5.41) is 7.35. The van der Waals surface area contributed by atoms with E-state index in [1.165, 1.54) is 17.9 Å². The first-order valence-corrected chi connectivity index (χ1v) is 9.62. The van der Waals surface area contributed by atoms with Gasteiger partial charge in [-0.05, 0) is 25.1 Å². The minimum atomic E-state index is -2.70. The molecule has 2 aromatic carbocycles. The fraction of sp³-hybridized carbons (Fsp3) is 0.174. The zero-order valence-electron chi connectivity index (χ0n) is 17.0. The van der Waals surface area contributed by atoms with E-state index in [9.17, 15) is 13.6 Å². The molecule has 0 unspecified atom stereocenters. The van der Waals surface area contributed by atoms with Crippen molar-refractivity contribution in [3.8, 4) is 17.0 Å². The summed E-state index contributed by atoms with van der Waals surface area (Å²) in [6, 6.07) is 17.4. The summed E-state index contributed by atoms with van der Waals surface area (Å²) in [5.74, 6) is 0.247. The number of carbonyl (C=O) groups excluding carboxylic acids is 1. The molecule has 31 heavy (non-hydrogen) atoms. The number of hydrogen-bond acceptors (Lipinski definition) is 4. The highest BCUT2D eigenvalue weighted by atomic mass is 19.3. The van der Waals surface area contributed by atoms with E-state index in [-0.39, 0.29) is 29.0 Å². The molecule has 0 aliphatic rings. The lowest BCUT2D eigenvalue weighted by Crippen LogP contribution is -2.20. The number of ether oxygens (including phenoxy) is 1. The maximum absolute atomic E-state index is 13.8. The molecule has 6 nitrogen and oxygen atoms in total. The number of carbonyl (C=O) groups is 1. The van der Waals surface area contributed by atoms with Crippen LogP contribution in [-0.4, -0.2) is 27.8 Å². The molecule has 4 aromatic rings. The molecule has 0 spiro atoms. The molecule has 8 heteroatoms. The van der Waals surface area contributed by atoms with Crippen LogP contribution in [0.15, 0.2) is 60.7 Å². The Hall–Kier alpha value is -3.81. The summed E-state index contributed by atoms with van der Waals surface area (Å²) in [4.78, 5) is 17.2. The monoisotopic (exact) mass is 422 g/mol. The van der Waals surface area contributed by atoms with Crippen LogP contribution in [-0.2, 0) is 11.3 Å². The number of nitrogens with zero attached hydrogens (tertiary/aromatic N) is 3. The summed E-state index contributed by atoms with van der Waals surface area (Å²) in [6.45, 7) is 1.46. The average molecular weight is 422 g/mol. The van der Waals surface area contributed by atoms with Crippen LogP contribution in [0.3, 0.4) is 0 Å². The molecule has 2 heterocycles. The van der Waals surface area contributed by atoms with Gasteiger partial charge < -0.3 is 10.1 Å². The number of anilines is 1. The van der Waals surface area contributed by atoms with Gasteiger partial charge in [0.15, 0.2) is 5.65 Å². The van der Waals surface area contributed by atoms with E-state index in [0.717, 1.165) is 0 Å². The van der Waals surface area contributed by atoms with Crippen molar-refractivity contribution >= 4 is 22.6 Å². The van der Waals surface area contributed by atoms with Crippen LogP contribution in [0.25, 0.3) is 22.3 Å². The molecule has 0 fully saturated rings. The molecule has 0 saturated heterocycles. The number of benzene rings is 2. The van der Waals surface area contributed by atoms with Crippen LogP contribution in [0, 0.1) is 6.92 Å². The molecule has 0 bridgehead atoms. The number of fused-ring (bicyclic) bond motifs is 1. The molecule has 1 amide bonds. The van der Waals surface area contributed by atoms with E-state index in [0.29, 0.717) is 28.4 Å². The number of methoxy groups -OCH3 is 1. The summed E-state index contributed by atoms with van der Waals surface area (Å²) in [5.41, 5.74) is 2.15. The van der Waals surface area contributed by atoms with E-state index in [1.54, 1.807) is 43.3 Å². The number of rotatable bonds is 6. The highest BCUT2D eigenvalue weighted by molar-refractivity contribution is 5.92. The van der Waals surface area contributed by atoms with Crippen LogP contribution >= 0.6 is 0 Å². The molecule has 4 rings (SSSR count). The first-order chi connectivity index (χ1) is 15.0. The molecular formula is C23H20F2N4O2. The Morgan fingerprint density at radius 1 is 1.13 bits per heavy atom. The van der Waals surface area contributed by atoms with Crippen LogP contribution in [0.1, 0.15) is 17.7 Å². The van der Waals surface area contributed by atoms with Crippen molar-refractivity contribution in [2.75, 3.05) is 12.4 Å². The van der Waals surface area contributed by atoms with E-state index in [4.69, 9.17) is 4.74 Å². The number of aryl methyl sites for hydroxylation is 1. The Labute approximate surface area is 177 Å². The van der Waals surface area contributed by atoms with Crippen molar-refractivity contribution in [3.63, 3.8) is 0 Å². The van der Waals surface area contributed by atoms with E-state index in [1.807, 2.05) is 18.2 Å². The number of halogens is 2. The lowest BCUT2D eigenvalue weighted by atomic mass is 10.1. The lowest BCUT2D eigenvalue weighted by Gasteiger charge is -2.10. The second-order valence-electron chi connectivity index (χ2n) is 6.99. The molecule has 0 aliphatic heterocycles. The minimum Gasteiger partial charge on any atom is -0.497 e. The van der Waals surface area contributed by atoms with E-state index >= 15 is 0 Å². The van der Waals surface area contributed by atoms with Crippen LogP contribution < -0.4 is 10.1 Å². The number of amides is 1. The second kappa shape index (κ2) is 8.51. The highest BCUT2D eigenvalue weighted by Crippen LogP contribution is 2.33. The molecule has 0 radical (unpaired) electrons. The largest absolute Gasteiger partial charge is 0.497 e. The number of hydrogen-bond donors (Lipinski definition) is 1. The molecule has 158 valence electrons. The van der Waals surface area contributed by atoms with Gasteiger partial charge in [0.1, 0.15) is 12.3 Å². The van der Waals surface area contributed by atoms with Gasteiger partial charge in [0.25, 0.3) is 6.43 Å². The summed E-state index contributed by atoms with van der Waals surface area (Å²) in [6.07, 6.45) is -2.70. The quantitative estimate of drug-likeness (QED) is 0.475. The number of nitrogens with one attached hydrogen (secondary N) is 1. The van der Waals surface area contributed by atoms with Crippen molar-refractivity contribution in [2.45, 2.75) is 19.9 Å². The van der Waals surface area contributed by atoms with Gasteiger partial charge >= 0.3 is 0 Å². The third-order valence-corrected chi connectivity index (χ3v) is 4.86. The maximum Gasteiger partial charge on any atom is 0.264 e. The smallest absolute Gasteiger partial charge is 0.264 e. The second-order valence-corrected chi connectivity index (χ2v) is 6.99. The van der Waals surface area contributed by atoms with Gasteiger partial charge in [-0.25, -0.2) is 18.4 Å². The van der Waals surface area contributed by atoms with Gasteiger partial charge in [-0.15, -0.1) is 0 Å². The standard InChI is InChI=1S/C23H20F2N4O2/c1-14-21-18(22(24)25)12-19(15-7-4-3-5-8-15)27-23(21)29(28-14)13-20(30)26-16-9-6-10-17(11-16)31-2/h3-12,22H,13H2,1-2H3,(H,26,30). The van der Waals surface area contributed by atoms with Gasteiger partial charge in [-0.1, -0.05) is 36.4 Å². The van der Waals surface area contributed by atoms with Gasteiger partial charge in [-0.3, -0.25) is 4.79 Å². The van der Waals surface area contributed by atoms with Crippen molar-refractivity contribution in [1.29, 1.82) is 0 Å². The number of pyridine rings is 1. The minimum absolute atomic E-state index is 0.152. The topological polar surface area (TPSA) is 69.0 Å². The predicted octanol–water partition coefficient (Wildman–Crippen LogP) is 4.99. The molecule has 1 N–H and O–H groups in total. The third kappa shape index (κ3) is 4.23. The zero-order valence-corrected chi connectivity index (χ0v) is 17.0. The van der Waals surface area contributed by atoms with Crippen LogP contribution in [0.2, 0.25) is 0 Å². The van der Waals surface area contributed by atoms with Gasteiger partial charge in [0.05, 0.1) is 23.9 Å².